The summed E-state index contributed by atoms with van der Waals surface area (Å²) in [6.45, 7) is 4.06. The van der Waals surface area contributed by atoms with E-state index in [2.05, 4.69) is 0 Å². The molecule has 0 saturated carbocycles. The second-order valence-electron chi connectivity index (χ2n) is 2.86. The maximum Gasteiger partial charge on any atom is 0.315 e. The second-order valence-corrected chi connectivity index (χ2v) is 4.29. The summed E-state index contributed by atoms with van der Waals surface area (Å²) >= 11 is 1.43. The predicted molar refractivity (Wildman–Crippen MR) is 55.4 cm³/mol. The zero-order chi connectivity index (χ0) is 11.0. The first kappa shape index (κ1) is 13.3. The molecule has 0 fully saturated rings. The van der Waals surface area contributed by atoms with Crippen LogP contribution in [-0.2, 0) is 14.3 Å². The molecule has 5 heteroatoms. The number of carbonyl (C=O) groups is 2. The van der Waals surface area contributed by atoms with Crippen LogP contribution in [0.15, 0.2) is 0 Å². The molecule has 0 amide bonds. The summed E-state index contributed by atoms with van der Waals surface area (Å²) in [6.07, 6.45) is 0.733. The molecule has 0 heterocycles. The lowest BCUT2D eigenvalue weighted by atomic mass is 10.2. The molecule has 0 aliphatic carbocycles. The lowest BCUT2D eigenvalue weighted by Crippen LogP contribution is -2.10. The standard InChI is InChI=1S/C9H16O4S/c1-3-13-9(12)6-14-7(2)4-5-8(10)11/h7H,3-6H2,1-2H3,(H,10,11). The fourth-order valence-corrected chi connectivity index (χ4v) is 1.61. The summed E-state index contributed by atoms with van der Waals surface area (Å²) in [4.78, 5) is 21.2. The third-order valence-corrected chi connectivity index (χ3v) is 2.76. The number of carbonyl (C=O) groups excluding carboxylic acids is 1. The van der Waals surface area contributed by atoms with Crippen LogP contribution >= 0.6 is 11.8 Å². The van der Waals surface area contributed by atoms with E-state index < -0.39 is 5.97 Å². The molecule has 0 aromatic rings. The predicted octanol–water partition coefficient (Wildman–Crippen LogP) is 1.54. The van der Waals surface area contributed by atoms with Crippen molar-refractivity contribution in [2.24, 2.45) is 0 Å². The molecule has 0 rings (SSSR count). The minimum atomic E-state index is -0.798. The average molecular weight is 220 g/mol. The third-order valence-electron chi connectivity index (χ3n) is 1.56. The Morgan fingerprint density at radius 1 is 1.50 bits per heavy atom. The number of hydrogen-bond donors (Lipinski definition) is 1. The lowest BCUT2D eigenvalue weighted by molar-refractivity contribution is -0.140. The van der Waals surface area contributed by atoms with Gasteiger partial charge in [0.2, 0.25) is 0 Å². The van der Waals surface area contributed by atoms with Gasteiger partial charge >= 0.3 is 11.9 Å². The van der Waals surface area contributed by atoms with Crippen LogP contribution in [0.5, 0.6) is 0 Å². The highest BCUT2D eigenvalue weighted by Crippen LogP contribution is 2.15. The number of rotatable bonds is 7. The highest BCUT2D eigenvalue weighted by molar-refractivity contribution is 8.00. The van der Waals surface area contributed by atoms with Gasteiger partial charge in [-0.1, -0.05) is 6.92 Å². The van der Waals surface area contributed by atoms with Crippen LogP contribution in [0.25, 0.3) is 0 Å². The number of hydrogen-bond acceptors (Lipinski definition) is 4. The molecular formula is C9H16O4S. The van der Waals surface area contributed by atoms with E-state index in [4.69, 9.17) is 9.84 Å². The molecule has 0 radical (unpaired) electrons. The van der Waals surface area contributed by atoms with Crippen LogP contribution in [0.4, 0.5) is 0 Å². The van der Waals surface area contributed by atoms with Gasteiger partial charge in [-0.15, -0.1) is 11.8 Å². The van der Waals surface area contributed by atoms with Crippen molar-refractivity contribution in [2.45, 2.75) is 31.9 Å². The summed E-state index contributed by atoms with van der Waals surface area (Å²) < 4.78 is 4.74. The van der Waals surface area contributed by atoms with Crippen molar-refractivity contribution < 1.29 is 19.4 Å². The molecule has 1 N–H and O–H groups in total. The molecule has 0 aromatic carbocycles. The van der Waals surface area contributed by atoms with Gasteiger partial charge in [0, 0.05) is 11.7 Å². The van der Waals surface area contributed by atoms with Crippen LogP contribution < -0.4 is 0 Å². The van der Waals surface area contributed by atoms with E-state index in [0.717, 1.165) is 0 Å². The van der Waals surface area contributed by atoms with Crippen molar-refractivity contribution in [1.29, 1.82) is 0 Å². The molecule has 0 aliphatic heterocycles. The fourth-order valence-electron chi connectivity index (χ4n) is 0.823. The van der Waals surface area contributed by atoms with Gasteiger partial charge < -0.3 is 9.84 Å². The van der Waals surface area contributed by atoms with Crippen molar-refractivity contribution in [3.8, 4) is 0 Å². The largest absolute Gasteiger partial charge is 0.481 e. The van der Waals surface area contributed by atoms with E-state index in [-0.39, 0.29) is 17.6 Å². The van der Waals surface area contributed by atoms with E-state index in [9.17, 15) is 9.59 Å². The zero-order valence-electron chi connectivity index (χ0n) is 8.49. The van der Waals surface area contributed by atoms with Crippen LogP contribution in [0.2, 0.25) is 0 Å². The number of thioether (sulfide) groups is 1. The van der Waals surface area contributed by atoms with Crippen molar-refractivity contribution in [3.63, 3.8) is 0 Å². The maximum atomic E-state index is 10.9. The topological polar surface area (TPSA) is 63.6 Å². The Labute approximate surface area is 88.0 Å². The summed E-state index contributed by atoms with van der Waals surface area (Å²) in [5.41, 5.74) is 0. The molecular weight excluding hydrogens is 204 g/mol. The summed E-state index contributed by atoms with van der Waals surface area (Å²) in [7, 11) is 0. The van der Waals surface area contributed by atoms with Crippen molar-refractivity contribution in [3.05, 3.63) is 0 Å². The first-order valence-electron chi connectivity index (χ1n) is 4.55. The normalized spacial score (nSPS) is 12.1. The Kier molecular flexibility index (Phi) is 7.28. The smallest absolute Gasteiger partial charge is 0.315 e. The molecule has 82 valence electrons. The quantitative estimate of drug-likeness (QED) is 0.659. The summed E-state index contributed by atoms with van der Waals surface area (Å²) in [5.74, 6) is -0.734. The van der Waals surface area contributed by atoms with Gasteiger partial charge in [0.05, 0.1) is 12.4 Å². The minimum absolute atomic E-state index is 0.150. The van der Waals surface area contributed by atoms with E-state index >= 15 is 0 Å². The Balaban J connectivity index is 3.48. The zero-order valence-corrected chi connectivity index (χ0v) is 9.30. The molecule has 0 spiro atoms. The minimum Gasteiger partial charge on any atom is -0.481 e. The molecule has 1 unspecified atom stereocenters. The highest BCUT2D eigenvalue weighted by Gasteiger charge is 2.09. The molecule has 14 heavy (non-hydrogen) atoms. The van der Waals surface area contributed by atoms with Gasteiger partial charge in [0.1, 0.15) is 0 Å². The van der Waals surface area contributed by atoms with E-state index in [1.807, 2.05) is 6.92 Å². The SMILES string of the molecule is CCOC(=O)CSC(C)CCC(=O)O. The summed E-state index contributed by atoms with van der Waals surface area (Å²) in [6, 6.07) is 0. The Morgan fingerprint density at radius 2 is 2.14 bits per heavy atom. The van der Waals surface area contributed by atoms with Crippen LogP contribution in [0.1, 0.15) is 26.7 Å². The average Bonchev–Trinajstić information content (AvgIpc) is 2.12. The number of carboxylic acid groups (broad SMARTS) is 1. The van der Waals surface area contributed by atoms with Crippen LogP contribution in [0.3, 0.4) is 0 Å². The molecule has 0 aliphatic rings. The van der Waals surface area contributed by atoms with Gasteiger partial charge in [-0.05, 0) is 13.3 Å². The van der Waals surface area contributed by atoms with E-state index in [1.54, 1.807) is 6.92 Å². The first-order valence-corrected chi connectivity index (χ1v) is 5.60. The Bertz CT molecular complexity index is 193. The molecule has 0 aromatic heterocycles. The fraction of sp³-hybridized carbons (Fsp3) is 0.778. The van der Waals surface area contributed by atoms with Crippen LogP contribution in [-0.4, -0.2) is 34.7 Å². The van der Waals surface area contributed by atoms with E-state index in [0.29, 0.717) is 18.8 Å². The molecule has 1 atom stereocenters. The van der Waals surface area contributed by atoms with Crippen molar-refractivity contribution in [1.82, 2.24) is 0 Å². The van der Waals surface area contributed by atoms with Gasteiger partial charge in [0.25, 0.3) is 0 Å². The maximum absolute atomic E-state index is 10.9. The Morgan fingerprint density at radius 3 is 2.64 bits per heavy atom. The van der Waals surface area contributed by atoms with Gasteiger partial charge in [-0.3, -0.25) is 9.59 Å². The summed E-state index contributed by atoms with van der Waals surface area (Å²) in [5, 5.41) is 8.60. The second kappa shape index (κ2) is 7.67. The molecule has 0 bridgehead atoms. The number of carboxylic acids is 1. The van der Waals surface area contributed by atoms with Crippen LogP contribution in [0, 0.1) is 0 Å². The van der Waals surface area contributed by atoms with Crippen molar-refractivity contribution >= 4 is 23.7 Å². The van der Waals surface area contributed by atoms with Gasteiger partial charge in [0.15, 0.2) is 0 Å². The lowest BCUT2D eigenvalue weighted by Gasteiger charge is -2.08. The van der Waals surface area contributed by atoms with E-state index in [1.165, 1.54) is 11.8 Å². The first-order chi connectivity index (χ1) is 6.56. The molecule has 0 saturated heterocycles. The number of ether oxygens (including phenoxy) is 1. The van der Waals surface area contributed by atoms with Gasteiger partial charge in [-0.2, -0.15) is 0 Å². The number of esters is 1. The third kappa shape index (κ3) is 7.91. The monoisotopic (exact) mass is 220 g/mol. The Hall–Kier alpha value is -0.710. The van der Waals surface area contributed by atoms with Gasteiger partial charge in [-0.25, -0.2) is 0 Å². The number of aliphatic carboxylic acids is 1. The molecule has 4 nitrogen and oxygen atoms in total. The van der Waals surface area contributed by atoms with Crippen molar-refractivity contribution in [2.75, 3.05) is 12.4 Å². The highest BCUT2D eigenvalue weighted by atomic mass is 32.2.